The van der Waals surface area contributed by atoms with Gasteiger partial charge in [-0.15, -0.1) is 0 Å². The van der Waals surface area contributed by atoms with E-state index in [1.165, 1.54) is 0 Å². The van der Waals surface area contributed by atoms with Gasteiger partial charge in [0.1, 0.15) is 5.75 Å². The van der Waals surface area contributed by atoms with Crippen LogP contribution in [0.2, 0.25) is 0 Å². The maximum atomic E-state index is 12.7. The molecule has 0 atom stereocenters. The van der Waals surface area contributed by atoms with Crippen molar-refractivity contribution in [3.63, 3.8) is 0 Å². The fourth-order valence-electron chi connectivity index (χ4n) is 3.21. The molecule has 6 heteroatoms. The number of carbonyl (C=O) groups excluding carboxylic acids is 1. The molecule has 1 aromatic heterocycles. The second-order valence-corrected chi connectivity index (χ2v) is 6.15. The summed E-state index contributed by atoms with van der Waals surface area (Å²) in [5.41, 5.74) is 2.75. The lowest BCUT2D eigenvalue weighted by Gasteiger charge is -2.36. The highest BCUT2D eigenvalue weighted by atomic mass is 16.5. The van der Waals surface area contributed by atoms with Crippen LogP contribution in [0.3, 0.4) is 0 Å². The van der Waals surface area contributed by atoms with Gasteiger partial charge in [-0.2, -0.15) is 5.10 Å². The van der Waals surface area contributed by atoms with Crippen LogP contribution in [0.1, 0.15) is 10.4 Å². The normalized spacial score (nSPS) is 14.8. The predicted octanol–water partition coefficient (Wildman–Crippen LogP) is 2.53. The first-order valence-electron chi connectivity index (χ1n) is 8.36. The summed E-state index contributed by atoms with van der Waals surface area (Å²) in [7, 11) is 1.67. The van der Waals surface area contributed by atoms with Crippen molar-refractivity contribution in [3.8, 4) is 5.75 Å². The first kappa shape index (κ1) is 15.5. The van der Waals surface area contributed by atoms with Crippen molar-refractivity contribution in [1.29, 1.82) is 0 Å². The third kappa shape index (κ3) is 3.03. The Hall–Kier alpha value is -3.02. The first-order valence-corrected chi connectivity index (χ1v) is 8.36. The maximum absolute atomic E-state index is 12.7. The Morgan fingerprint density at radius 3 is 2.56 bits per heavy atom. The average molecular weight is 336 g/mol. The number of aromatic amines is 1. The van der Waals surface area contributed by atoms with Crippen molar-refractivity contribution in [2.45, 2.75) is 0 Å². The quantitative estimate of drug-likeness (QED) is 0.798. The number of methoxy groups -OCH3 is 1. The van der Waals surface area contributed by atoms with Crippen LogP contribution in [0.25, 0.3) is 10.9 Å². The van der Waals surface area contributed by atoms with E-state index in [4.69, 9.17) is 4.74 Å². The van der Waals surface area contributed by atoms with Crippen molar-refractivity contribution in [2.75, 3.05) is 38.2 Å². The number of aromatic nitrogens is 2. The number of carbonyl (C=O) groups is 1. The van der Waals surface area contributed by atoms with Gasteiger partial charge in [0.05, 0.1) is 18.8 Å². The number of benzene rings is 2. The summed E-state index contributed by atoms with van der Waals surface area (Å²) < 4.78 is 5.20. The van der Waals surface area contributed by atoms with Crippen LogP contribution in [0, 0.1) is 0 Å². The van der Waals surface area contributed by atoms with Crippen molar-refractivity contribution >= 4 is 22.5 Å². The van der Waals surface area contributed by atoms with Crippen LogP contribution in [0.15, 0.2) is 48.7 Å². The van der Waals surface area contributed by atoms with Gasteiger partial charge in [0.15, 0.2) is 0 Å². The number of nitrogens with one attached hydrogen (secondary N) is 1. The van der Waals surface area contributed by atoms with E-state index in [2.05, 4.69) is 27.2 Å². The Morgan fingerprint density at radius 1 is 1.08 bits per heavy atom. The molecule has 128 valence electrons. The molecular formula is C19H20N4O2. The zero-order valence-electron chi connectivity index (χ0n) is 14.1. The number of fused-ring (bicyclic) bond motifs is 1. The Kier molecular flexibility index (Phi) is 4.01. The molecule has 0 bridgehead atoms. The van der Waals surface area contributed by atoms with E-state index in [-0.39, 0.29) is 5.91 Å². The molecule has 4 rings (SSSR count). The van der Waals surface area contributed by atoms with Gasteiger partial charge in [-0.25, -0.2) is 0 Å². The lowest BCUT2D eigenvalue weighted by Crippen LogP contribution is -2.48. The van der Waals surface area contributed by atoms with Crippen LogP contribution in [-0.4, -0.2) is 54.3 Å². The summed E-state index contributed by atoms with van der Waals surface area (Å²) in [5.74, 6) is 0.928. The summed E-state index contributed by atoms with van der Waals surface area (Å²) in [4.78, 5) is 17.0. The number of H-pyrrole nitrogens is 1. The molecule has 6 nitrogen and oxygen atoms in total. The molecule has 2 heterocycles. The van der Waals surface area contributed by atoms with Crippen LogP contribution < -0.4 is 9.64 Å². The summed E-state index contributed by atoms with van der Waals surface area (Å²) in [6.45, 7) is 3.08. The summed E-state index contributed by atoms with van der Waals surface area (Å²) in [5, 5.41) is 7.94. The standard InChI is InChI=1S/C19H20N4O2/c1-25-17-6-4-16(5-7-17)22-8-10-23(11-9-22)19(24)14-2-3-15-13-20-21-18(15)12-14/h2-7,12-13H,8-11H2,1H3,(H,20,21). The van der Waals surface area contributed by atoms with Crippen LogP contribution in [0.4, 0.5) is 5.69 Å². The molecule has 1 aliphatic heterocycles. The van der Waals surface area contributed by atoms with Crippen molar-refractivity contribution in [2.24, 2.45) is 0 Å². The van der Waals surface area contributed by atoms with Crippen molar-refractivity contribution in [1.82, 2.24) is 15.1 Å². The maximum Gasteiger partial charge on any atom is 0.254 e. The number of rotatable bonds is 3. The second kappa shape index (κ2) is 6.47. The molecule has 0 spiro atoms. The van der Waals surface area contributed by atoms with Gasteiger partial charge in [-0.05, 0) is 36.4 Å². The Morgan fingerprint density at radius 2 is 1.84 bits per heavy atom. The van der Waals surface area contributed by atoms with E-state index in [9.17, 15) is 4.79 Å². The lowest BCUT2D eigenvalue weighted by molar-refractivity contribution is 0.0747. The molecule has 1 amide bonds. The Balaban J connectivity index is 1.42. The van der Waals surface area contributed by atoms with Gasteiger partial charge >= 0.3 is 0 Å². The van der Waals surface area contributed by atoms with E-state index in [0.717, 1.165) is 35.4 Å². The van der Waals surface area contributed by atoms with E-state index < -0.39 is 0 Å². The zero-order valence-corrected chi connectivity index (χ0v) is 14.1. The number of amides is 1. The average Bonchev–Trinajstić information content (AvgIpc) is 3.15. The molecule has 0 saturated carbocycles. The topological polar surface area (TPSA) is 61.5 Å². The molecule has 1 aliphatic rings. The minimum Gasteiger partial charge on any atom is -0.497 e. The van der Waals surface area contributed by atoms with Gasteiger partial charge in [-0.1, -0.05) is 6.07 Å². The molecule has 1 fully saturated rings. The molecule has 1 saturated heterocycles. The fourth-order valence-corrected chi connectivity index (χ4v) is 3.21. The molecule has 25 heavy (non-hydrogen) atoms. The second-order valence-electron chi connectivity index (χ2n) is 6.15. The first-order chi connectivity index (χ1) is 12.2. The Bertz CT molecular complexity index is 880. The van der Waals surface area contributed by atoms with Crippen LogP contribution >= 0.6 is 0 Å². The fraction of sp³-hybridized carbons (Fsp3) is 0.263. The number of hydrogen-bond acceptors (Lipinski definition) is 4. The monoisotopic (exact) mass is 336 g/mol. The lowest BCUT2D eigenvalue weighted by atomic mass is 10.1. The molecule has 0 radical (unpaired) electrons. The van der Waals surface area contributed by atoms with Gasteiger partial charge in [0, 0.05) is 42.8 Å². The summed E-state index contributed by atoms with van der Waals surface area (Å²) in [6, 6.07) is 13.7. The smallest absolute Gasteiger partial charge is 0.254 e. The van der Waals surface area contributed by atoms with Gasteiger partial charge in [0.2, 0.25) is 0 Å². The highest BCUT2D eigenvalue weighted by molar-refractivity contribution is 5.97. The SMILES string of the molecule is COc1ccc(N2CCN(C(=O)c3ccc4cn[nH]c4c3)CC2)cc1. The van der Waals surface area contributed by atoms with Crippen molar-refractivity contribution < 1.29 is 9.53 Å². The predicted molar refractivity (Wildman–Crippen MR) is 97.2 cm³/mol. The largest absolute Gasteiger partial charge is 0.497 e. The third-order valence-corrected chi connectivity index (χ3v) is 4.69. The minimum atomic E-state index is 0.0749. The van der Waals surface area contributed by atoms with Gasteiger partial charge in [-0.3, -0.25) is 9.89 Å². The Labute approximate surface area is 146 Å². The number of piperazine rings is 1. The van der Waals surface area contributed by atoms with E-state index in [1.54, 1.807) is 13.3 Å². The molecule has 3 aromatic rings. The number of anilines is 1. The third-order valence-electron chi connectivity index (χ3n) is 4.69. The van der Waals surface area contributed by atoms with E-state index in [1.807, 2.05) is 35.2 Å². The van der Waals surface area contributed by atoms with Crippen LogP contribution in [0.5, 0.6) is 5.75 Å². The molecular weight excluding hydrogens is 316 g/mol. The zero-order chi connectivity index (χ0) is 17.2. The van der Waals surface area contributed by atoms with Crippen molar-refractivity contribution in [3.05, 3.63) is 54.2 Å². The van der Waals surface area contributed by atoms with E-state index >= 15 is 0 Å². The minimum absolute atomic E-state index is 0.0749. The van der Waals surface area contributed by atoms with Gasteiger partial charge in [0.25, 0.3) is 5.91 Å². The number of ether oxygens (including phenoxy) is 1. The summed E-state index contributed by atoms with van der Waals surface area (Å²) >= 11 is 0. The molecule has 1 N–H and O–H groups in total. The van der Waals surface area contributed by atoms with Crippen LogP contribution in [-0.2, 0) is 0 Å². The highest BCUT2D eigenvalue weighted by Gasteiger charge is 2.22. The number of hydrogen-bond donors (Lipinski definition) is 1. The number of nitrogens with zero attached hydrogens (tertiary/aromatic N) is 3. The molecule has 2 aromatic carbocycles. The van der Waals surface area contributed by atoms with E-state index in [0.29, 0.717) is 18.7 Å². The molecule has 0 aliphatic carbocycles. The highest BCUT2D eigenvalue weighted by Crippen LogP contribution is 2.21. The molecule has 0 unspecified atom stereocenters. The van der Waals surface area contributed by atoms with Gasteiger partial charge < -0.3 is 14.5 Å². The summed E-state index contributed by atoms with van der Waals surface area (Å²) in [6.07, 6.45) is 1.76.